The van der Waals surface area contributed by atoms with Gasteiger partial charge in [0.2, 0.25) is 0 Å². The van der Waals surface area contributed by atoms with Gasteiger partial charge in [-0.3, -0.25) is 9.55 Å². The summed E-state index contributed by atoms with van der Waals surface area (Å²) in [6.07, 6.45) is 3.94. The van der Waals surface area contributed by atoms with Crippen molar-refractivity contribution in [2.45, 2.75) is 51.4 Å². The summed E-state index contributed by atoms with van der Waals surface area (Å²) < 4.78 is 2.18. The van der Waals surface area contributed by atoms with E-state index < -0.39 is 0 Å². The van der Waals surface area contributed by atoms with E-state index in [1.165, 1.54) is 5.56 Å². The Kier molecular flexibility index (Phi) is 6.05. The molecule has 1 aliphatic rings. The molecule has 0 aliphatic heterocycles. The number of pyridine rings is 1. The quantitative estimate of drug-likeness (QED) is 0.238. The molecule has 0 fully saturated rings. The Hall–Kier alpha value is -4.70. The number of rotatable bonds is 4. The Bertz CT molecular complexity index is 1930. The van der Waals surface area contributed by atoms with Crippen LogP contribution in [0.5, 0.6) is 5.75 Å². The Morgan fingerprint density at radius 2 is 1.43 bits per heavy atom. The molecule has 0 saturated carbocycles. The van der Waals surface area contributed by atoms with Crippen LogP contribution in [0.1, 0.15) is 51.7 Å². The average molecular weight is 550 g/mol. The highest BCUT2D eigenvalue weighted by Crippen LogP contribution is 2.52. The highest BCUT2D eigenvalue weighted by Gasteiger charge is 2.40. The summed E-state index contributed by atoms with van der Waals surface area (Å²) in [6.45, 7) is 9.06. The number of phenols is 1. The van der Waals surface area contributed by atoms with Crippen LogP contribution in [-0.2, 0) is 10.8 Å². The summed E-state index contributed by atoms with van der Waals surface area (Å²) in [7, 11) is 0. The zero-order chi connectivity index (χ0) is 29.1. The SMILES string of the molecule is CC1(C)CCC(C)(C)c2c1ccc(-c1nc3c(-c4cccc(-c5ccccn5)c4)cccc3n1-c1ccccc1)c2O. The van der Waals surface area contributed by atoms with Gasteiger partial charge in [0, 0.05) is 28.6 Å². The fraction of sp³-hybridized carbons (Fsp3) is 0.211. The lowest BCUT2D eigenvalue weighted by Gasteiger charge is -2.42. The van der Waals surface area contributed by atoms with Gasteiger partial charge in [-0.2, -0.15) is 0 Å². The maximum absolute atomic E-state index is 12.0. The Balaban J connectivity index is 1.49. The van der Waals surface area contributed by atoms with E-state index in [-0.39, 0.29) is 10.8 Å². The van der Waals surface area contributed by atoms with Crippen molar-refractivity contribution in [1.29, 1.82) is 0 Å². The number of nitrogens with zero attached hydrogens (tertiary/aromatic N) is 3. The predicted molar refractivity (Wildman–Crippen MR) is 172 cm³/mol. The molecule has 208 valence electrons. The van der Waals surface area contributed by atoms with Crippen LogP contribution in [0.2, 0.25) is 0 Å². The predicted octanol–water partition coefficient (Wildman–Crippen LogP) is 9.48. The van der Waals surface area contributed by atoms with E-state index in [0.29, 0.717) is 5.75 Å². The van der Waals surface area contributed by atoms with Crippen LogP contribution in [-0.4, -0.2) is 19.6 Å². The fourth-order valence-electron chi connectivity index (χ4n) is 6.64. The topological polar surface area (TPSA) is 50.9 Å². The first-order chi connectivity index (χ1) is 20.2. The normalized spacial score (nSPS) is 15.4. The molecule has 0 amide bonds. The van der Waals surface area contributed by atoms with E-state index in [9.17, 15) is 5.11 Å². The smallest absolute Gasteiger partial charge is 0.149 e. The molecule has 7 rings (SSSR count). The van der Waals surface area contributed by atoms with Crippen LogP contribution in [0, 0.1) is 0 Å². The first-order valence-corrected chi connectivity index (χ1v) is 14.7. The number of imidazole rings is 1. The maximum Gasteiger partial charge on any atom is 0.149 e. The van der Waals surface area contributed by atoms with E-state index in [1.54, 1.807) is 0 Å². The minimum atomic E-state index is -0.133. The van der Waals surface area contributed by atoms with Crippen molar-refractivity contribution >= 4 is 11.0 Å². The molecular formula is C38H35N3O. The van der Waals surface area contributed by atoms with Gasteiger partial charge in [0.05, 0.1) is 22.3 Å². The lowest BCUT2D eigenvalue weighted by Crippen LogP contribution is -2.34. The average Bonchev–Trinajstić information content (AvgIpc) is 3.40. The molecule has 4 heteroatoms. The summed E-state index contributed by atoms with van der Waals surface area (Å²) in [4.78, 5) is 9.88. The lowest BCUT2D eigenvalue weighted by atomic mass is 9.62. The molecule has 4 aromatic carbocycles. The molecule has 2 heterocycles. The van der Waals surface area contributed by atoms with Gasteiger partial charge >= 0.3 is 0 Å². The monoisotopic (exact) mass is 549 g/mol. The van der Waals surface area contributed by atoms with Crippen LogP contribution >= 0.6 is 0 Å². The lowest BCUT2D eigenvalue weighted by molar-refractivity contribution is 0.318. The number of fused-ring (bicyclic) bond motifs is 2. The minimum Gasteiger partial charge on any atom is -0.507 e. The molecule has 4 nitrogen and oxygen atoms in total. The number of aromatic hydroxyl groups is 1. The number of hydrogen-bond donors (Lipinski definition) is 1. The van der Waals surface area contributed by atoms with Gasteiger partial charge in [0.1, 0.15) is 11.6 Å². The van der Waals surface area contributed by atoms with Gasteiger partial charge < -0.3 is 5.11 Å². The van der Waals surface area contributed by atoms with Crippen molar-refractivity contribution < 1.29 is 5.11 Å². The van der Waals surface area contributed by atoms with Crippen LogP contribution < -0.4 is 0 Å². The summed E-state index contributed by atoms with van der Waals surface area (Å²) >= 11 is 0. The van der Waals surface area contributed by atoms with Gasteiger partial charge in [-0.25, -0.2) is 4.98 Å². The van der Waals surface area contributed by atoms with Crippen molar-refractivity contribution in [1.82, 2.24) is 14.5 Å². The second kappa shape index (κ2) is 9.70. The Morgan fingerprint density at radius 3 is 2.21 bits per heavy atom. The summed E-state index contributed by atoms with van der Waals surface area (Å²) in [5.41, 5.74) is 9.92. The van der Waals surface area contributed by atoms with E-state index >= 15 is 0 Å². The van der Waals surface area contributed by atoms with E-state index in [0.717, 1.165) is 68.9 Å². The standard InChI is InChI=1S/C38H35N3O/c1-37(2)21-22-38(3,4)33-30(37)20-19-29(35(33)42)36-40-34-28(16-11-18-32(34)41(36)27-14-6-5-7-15-27)25-12-10-13-26(24-25)31-17-8-9-23-39-31/h5-20,23-24,42H,21-22H2,1-4H3. The fourth-order valence-corrected chi connectivity index (χ4v) is 6.64. The van der Waals surface area contributed by atoms with Crippen LogP contribution in [0.15, 0.2) is 109 Å². The first kappa shape index (κ1) is 26.2. The van der Waals surface area contributed by atoms with Gasteiger partial charge in [0.15, 0.2) is 0 Å². The molecule has 0 bridgehead atoms. The number of aromatic nitrogens is 3. The molecule has 2 aromatic heterocycles. The molecule has 0 radical (unpaired) electrons. The zero-order valence-electron chi connectivity index (χ0n) is 24.6. The summed E-state index contributed by atoms with van der Waals surface area (Å²) in [5, 5.41) is 12.0. The van der Waals surface area contributed by atoms with E-state index in [4.69, 9.17) is 4.98 Å². The number of hydrogen-bond acceptors (Lipinski definition) is 3. The highest BCUT2D eigenvalue weighted by molar-refractivity contribution is 5.96. The molecular weight excluding hydrogens is 514 g/mol. The largest absolute Gasteiger partial charge is 0.507 e. The van der Waals surface area contributed by atoms with Gasteiger partial charge in [-0.1, -0.05) is 88.4 Å². The van der Waals surface area contributed by atoms with E-state index in [2.05, 4.69) is 104 Å². The van der Waals surface area contributed by atoms with Crippen molar-refractivity contribution in [3.05, 3.63) is 120 Å². The van der Waals surface area contributed by atoms with Crippen molar-refractivity contribution in [3.8, 4) is 45.2 Å². The highest BCUT2D eigenvalue weighted by atomic mass is 16.3. The molecule has 6 aromatic rings. The van der Waals surface area contributed by atoms with Crippen molar-refractivity contribution in [3.63, 3.8) is 0 Å². The number of phenolic OH excluding ortho intramolecular Hbond substituents is 1. The third-order valence-corrected chi connectivity index (χ3v) is 9.03. The Morgan fingerprint density at radius 1 is 0.690 bits per heavy atom. The third kappa shape index (κ3) is 4.21. The number of para-hydroxylation sites is 2. The zero-order valence-corrected chi connectivity index (χ0v) is 24.6. The molecule has 0 spiro atoms. The number of benzene rings is 4. The van der Waals surface area contributed by atoms with Gasteiger partial charge in [-0.05, 0) is 77.3 Å². The van der Waals surface area contributed by atoms with Gasteiger partial charge in [-0.15, -0.1) is 0 Å². The van der Waals surface area contributed by atoms with Crippen molar-refractivity contribution in [2.75, 3.05) is 0 Å². The third-order valence-electron chi connectivity index (χ3n) is 9.03. The minimum absolute atomic E-state index is 0.00618. The van der Waals surface area contributed by atoms with Crippen molar-refractivity contribution in [2.24, 2.45) is 0 Å². The van der Waals surface area contributed by atoms with Crippen LogP contribution in [0.3, 0.4) is 0 Å². The molecule has 0 atom stereocenters. The van der Waals surface area contributed by atoms with Gasteiger partial charge in [0.25, 0.3) is 0 Å². The molecule has 0 saturated heterocycles. The Labute approximate surface area is 247 Å². The second-order valence-corrected chi connectivity index (χ2v) is 12.7. The summed E-state index contributed by atoms with van der Waals surface area (Å²) in [6, 6.07) is 35.4. The molecule has 42 heavy (non-hydrogen) atoms. The second-order valence-electron chi connectivity index (χ2n) is 12.7. The first-order valence-electron chi connectivity index (χ1n) is 14.7. The van der Waals surface area contributed by atoms with Crippen LogP contribution in [0.25, 0.3) is 50.5 Å². The molecule has 1 aliphatic carbocycles. The summed E-state index contributed by atoms with van der Waals surface area (Å²) in [5.74, 6) is 1.08. The molecule has 0 unspecified atom stereocenters. The molecule has 1 N–H and O–H groups in total. The van der Waals surface area contributed by atoms with Crippen LogP contribution in [0.4, 0.5) is 0 Å². The van der Waals surface area contributed by atoms with E-state index in [1.807, 2.05) is 42.6 Å². The maximum atomic E-state index is 12.0.